The minimum atomic E-state index is -0.876. The van der Waals surface area contributed by atoms with Crippen molar-refractivity contribution >= 4 is 11.6 Å². The molecule has 0 radical (unpaired) electrons. The average molecular weight is 216 g/mol. The van der Waals surface area contributed by atoms with E-state index in [2.05, 4.69) is 0 Å². The standard InChI is InChI=1S/C10H14ClNO2/c1-2-8(12)10(14)7-5-6(11)3-4-9(7)13/h3-5,8,10,13-14H,2,12H2,1H3/t8-,10-/m0/s1. The summed E-state index contributed by atoms with van der Waals surface area (Å²) in [6.45, 7) is 1.87. The van der Waals surface area contributed by atoms with E-state index in [1.807, 2.05) is 6.92 Å². The molecule has 1 rings (SSSR count). The Bertz CT molecular complexity index is 317. The van der Waals surface area contributed by atoms with Crippen molar-refractivity contribution in [2.75, 3.05) is 0 Å². The fourth-order valence-electron chi connectivity index (χ4n) is 1.22. The van der Waals surface area contributed by atoms with Crippen molar-refractivity contribution in [3.63, 3.8) is 0 Å². The van der Waals surface area contributed by atoms with Gasteiger partial charge in [0, 0.05) is 16.6 Å². The fourth-order valence-corrected chi connectivity index (χ4v) is 1.40. The molecule has 2 atom stereocenters. The van der Waals surface area contributed by atoms with Crippen LogP contribution in [0.3, 0.4) is 0 Å². The summed E-state index contributed by atoms with van der Waals surface area (Å²) >= 11 is 5.75. The first kappa shape index (κ1) is 11.3. The molecule has 0 saturated heterocycles. The van der Waals surface area contributed by atoms with Crippen LogP contribution >= 0.6 is 11.6 Å². The number of phenols is 1. The van der Waals surface area contributed by atoms with Gasteiger partial charge in [0.1, 0.15) is 5.75 Å². The summed E-state index contributed by atoms with van der Waals surface area (Å²) in [5, 5.41) is 19.7. The topological polar surface area (TPSA) is 66.5 Å². The molecule has 0 unspecified atom stereocenters. The first-order chi connectivity index (χ1) is 6.56. The second-order valence-corrected chi connectivity index (χ2v) is 3.66. The van der Waals surface area contributed by atoms with Crippen LogP contribution in [0.4, 0.5) is 0 Å². The third-order valence-corrected chi connectivity index (χ3v) is 2.42. The van der Waals surface area contributed by atoms with Crippen LogP contribution in [0.1, 0.15) is 25.0 Å². The van der Waals surface area contributed by atoms with Crippen molar-refractivity contribution < 1.29 is 10.2 Å². The zero-order valence-corrected chi connectivity index (χ0v) is 8.70. The lowest BCUT2D eigenvalue weighted by atomic mass is 10.0. The van der Waals surface area contributed by atoms with Crippen LogP contribution in [0.15, 0.2) is 18.2 Å². The third kappa shape index (κ3) is 2.38. The monoisotopic (exact) mass is 215 g/mol. The second kappa shape index (κ2) is 4.64. The van der Waals surface area contributed by atoms with Crippen LogP contribution in [-0.4, -0.2) is 16.3 Å². The highest BCUT2D eigenvalue weighted by Crippen LogP contribution is 2.29. The Morgan fingerprint density at radius 3 is 2.71 bits per heavy atom. The molecule has 1 aromatic rings. The molecule has 3 nitrogen and oxygen atoms in total. The number of phenolic OH excluding ortho intramolecular Hbond substituents is 1. The van der Waals surface area contributed by atoms with E-state index in [1.165, 1.54) is 12.1 Å². The molecule has 4 heteroatoms. The molecule has 0 amide bonds. The van der Waals surface area contributed by atoms with E-state index in [1.54, 1.807) is 6.07 Å². The average Bonchev–Trinajstić information content (AvgIpc) is 2.19. The zero-order chi connectivity index (χ0) is 10.7. The number of nitrogens with two attached hydrogens (primary N) is 1. The van der Waals surface area contributed by atoms with Crippen LogP contribution in [-0.2, 0) is 0 Å². The minimum absolute atomic E-state index is 0.0193. The number of aromatic hydroxyl groups is 1. The predicted molar refractivity (Wildman–Crippen MR) is 56.3 cm³/mol. The number of benzene rings is 1. The summed E-state index contributed by atoms with van der Waals surface area (Å²) in [6.07, 6.45) is -0.244. The molecule has 0 saturated carbocycles. The van der Waals surface area contributed by atoms with E-state index >= 15 is 0 Å². The van der Waals surface area contributed by atoms with E-state index < -0.39 is 6.10 Å². The Hall–Kier alpha value is -0.770. The Morgan fingerprint density at radius 1 is 1.50 bits per heavy atom. The number of hydrogen-bond donors (Lipinski definition) is 3. The number of rotatable bonds is 3. The van der Waals surface area contributed by atoms with Crippen molar-refractivity contribution in [1.29, 1.82) is 0 Å². The molecule has 78 valence electrons. The number of halogens is 1. The smallest absolute Gasteiger partial charge is 0.121 e. The largest absolute Gasteiger partial charge is 0.508 e. The van der Waals surface area contributed by atoms with Gasteiger partial charge in [-0.1, -0.05) is 18.5 Å². The Kier molecular flexibility index (Phi) is 3.75. The SMILES string of the molecule is CC[C@H](N)[C@@H](O)c1cc(Cl)ccc1O. The number of aliphatic hydroxyl groups is 1. The van der Waals surface area contributed by atoms with Crippen molar-refractivity contribution in [1.82, 2.24) is 0 Å². The van der Waals surface area contributed by atoms with Crippen LogP contribution in [0.2, 0.25) is 5.02 Å². The van der Waals surface area contributed by atoms with Gasteiger partial charge in [-0.15, -0.1) is 0 Å². The van der Waals surface area contributed by atoms with Crippen molar-refractivity contribution in [2.45, 2.75) is 25.5 Å². The Morgan fingerprint density at radius 2 is 2.14 bits per heavy atom. The van der Waals surface area contributed by atoms with Gasteiger partial charge in [-0.3, -0.25) is 0 Å². The molecule has 0 aliphatic heterocycles. The minimum Gasteiger partial charge on any atom is -0.508 e. The molecule has 0 aromatic heterocycles. The van der Waals surface area contributed by atoms with Gasteiger partial charge >= 0.3 is 0 Å². The van der Waals surface area contributed by atoms with E-state index in [-0.39, 0.29) is 11.8 Å². The maximum atomic E-state index is 9.75. The van der Waals surface area contributed by atoms with Crippen LogP contribution in [0.25, 0.3) is 0 Å². The highest BCUT2D eigenvalue weighted by atomic mass is 35.5. The molecular formula is C10H14ClNO2. The van der Waals surface area contributed by atoms with Crippen LogP contribution < -0.4 is 5.73 Å². The quantitative estimate of drug-likeness (QED) is 0.721. The maximum Gasteiger partial charge on any atom is 0.121 e. The van der Waals surface area contributed by atoms with Gasteiger partial charge in [0.05, 0.1) is 6.10 Å². The van der Waals surface area contributed by atoms with Crippen molar-refractivity contribution in [3.05, 3.63) is 28.8 Å². The predicted octanol–water partition coefficient (Wildman–Crippen LogP) is 1.82. The Labute approximate surface area is 88.1 Å². The van der Waals surface area contributed by atoms with Crippen LogP contribution in [0, 0.1) is 0 Å². The van der Waals surface area contributed by atoms with E-state index in [4.69, 9.17) is 17.3 Å². The normalized spacial score (nSPS) is 15.1. The molecule has 0 aliphatic carbocycles. The fraction of sp³-hybridized carbons (Fsp3) is 0.400. The van der Waals surface area contributed by atoms with Gasteiger partial charge < -0.3 is 15.9 Å². The summed E-state index contributed by atoms with van der Waals surface area (Å²) in [5.41, 5.74) is 6.04. The van der Waals surface area contributed by atoms with Gasteiger partial charge in [0.15, 0.2) is 0 Å². The summed E-state index contributed by atoms with van der Waals surface area (Å²) in [7, 11) is 0. The highest BCUT2D eigenvalue weighted by Gasteiger charge is 2.18. The molecule has 0 aliphatic rings. The third-order valence-electron chi connectivity index (χ3n) is 2.19. The molecule has 0 spiro atoms. The number of hydrogen-bond acceptors (Lipinski definition) is 3. The summed E-state index contributed by atoms with van der Waals surface area (Å²) in [6, 6.07) is 4.14. The van der Waals surface area contributed by atoms with E-state index in [0.29, 0.717) is 17.0 Å². The van der Waals surface area contributed by atoms with Gasteiger partial charge in [0.25, 0.3) is 0 Å². The van der Waals surface area contributed by atoms with E-state index in [0.717, 1.165) is 0 Å². The summed E-state index contributed by atoms with van der Waals surface area (Å²) in [4.78, 5) is 0. The molecule has 4 N–H and O–H groups in total. The van der Waals surface area contributed by atoms with E-state index in [9.17, 15) is 10.2 Å². The van der Waals surface area contributed by atoms with Crippen molar-refractivity contribution in [3.8, 4) is 5.75 Å². The molecule has 14 heavy (non-hydrogen) atoms. The van der Waals surface area contributed by atoms with Gasteiger partial charge in [-0.2, -0.15) is 0 Å². The lowest BCUT2D eigenvalue weighted by molar-refractivity contribution is 0.141. The first-order valence-electron chi connectivity index (χ1n) is 4.48. The lowest BCUT2D eigenvalue weighted by Gasteiger charge is -2.18. The second-order valence-electron chi connectivity index (χ2n) is 3.22. The van der Waals surface area contributed by atoms with Crippen LogP contribution in [0.5, 0.6) is 5.75 Å². The summed E-state index contributed by atoms with van der Waals surface area (Å²) < 4.78 is 0. The molecular weight excluding hydrogens is 202 g/mol. The lowest BCUT2D eigenvalue weighted by Crippen LogP contribution is -2.27. The van der Waals surface area contributed by atoms with Crippen molar-refractivity contribution in [2.24, 2.45) is 5.73 Å². The van der Waals surface area contributed by atoms with Gasteiger partial charge in [-0.05, 0) is 24.6 Å². The molecule has 1 aromatic carbocycles. The molecule has 0 fully saturated rings. The summed E-state index contributed by atoms with van der Waals surface area (Å²) in [5.74, 6) is 0.0193. The molecule has 0 heterocycles. The Balaban J connectivity index is 2.99. The zero-order valence-electron chi connectivity index (χ0n) is 7.94. The maximum absolute atomic E-state index is 9.75. The van der Waals surface area contributed by atoms with Gasteiger partial charge in [0.2, 0.25) is 0 Å². The number of aliphatic hydroxyl groups excluding tert-OH is 1. The highest BCUT2D eigenvalue weighted by molar-refractivity contribution is 6.30. The van der Waals surface area contributed by atoms with Gasteiger partial charge in [-0.25, -0.2) is 0 Å². The molecule has 0 bridgehead atoms. The first-order valence-corrected chi connectivity index (χ1v) is 4.86.